The summed E-state index contributed by atoms with van der Waals surface area (Å²) in [4.78, 5) is 16.6. The number of hydrogen-bond donors (Lipinski definition) is 0. The number of ether oxygens (including phenoxy) is 1. The van der Waals surface area contributed by atoms with Crippen molar-refractivity contribution in [2.75, 3.05) is 32.8 Å². The molecule has 98 valence electrons. The fourth-order valence-electron chi connectivity index (χ4n) is 2.95. The second kappa shape index (κ2) is 4.58. The van der Waals surface area contributed by atoms with E-state index in [4.69, 9.17) is 4.74 Å². The van der Waals surface area contributed by atoms with Crippen molar-refractivity contribution < 1.29 is 9.53 Å². The molecule has 4 nitrogen and oxygen atoms in total. The number of cyclic esters (lactones) is 1. The maximum absolute atomic E-state index is 11.8. The van der Waals surface area contributed by atoms with Crippen LogP contribution in [0.2, 0.25) is 0 Å². The number of hydrogen-bond acceptors (Lipinski definition) is 4. The molecule has 0 bridgehead atoms. The molecule has 0 aromatic carbocycles. The summed E-state index contributed by atoms with van der Waals surface area (Å²) in [6.07, 6.45) is 0. The lowest BCUT2D eigenvalue weighted by molar-refractivity contribution is -0.177. The first-order valence-electron chi connectivity index (χ1n) is 6.57. The van der Waals surface area contributed by atoms with E-state index in [-0.39, 0.29) is 5.97 Å². The Morgan fingerprint density at radius 2 is 2.12 bits per heavy atom. The van der Waals surface area contributed by atoms with Gasteiger partial charge in [-0.1, -0.05) is 13.8 Å². The normalized spacial score (nSPS) is 30.2. The summed E-state index contributed by atoms with van der Waals surface area (Å²) in [7, 11) is 0. The summed E-state index contributed by atoms with van der Waals surface area (Å²) in [5.74, 6) is 0.617. The second-order valence-electron chi connectivity index (χ2n) is 6.16. The highest BCUT2D eigenvalue weighted by atomic mass is 16.5. The Kier molecular flexibility index (Phi) is 3.46. The number of rotatable bonds is 2. The Balaban J connectivity index is 2.02. The number of esters is 1. The first-order valence-corrected chi connectivity index (χ1v) is 6.57. The van der Waals surface area contributed by atoms with Crippen molar-refractivity contribution in [2.45, 2.75) is 39.3 Å². The summed E-state index contributed by atoms with van der Waals surface area (Å²) >= 11 is 0. The van der Waals surface area contributed by atoms with Gasteiger partial charge in [0.2, 0.25) is 0 Å². The van der Waals surface area contributed by atoms with E-state index in [2.05, 4.69) is 23.6 Å². The van der Waals surface area contributed by atoms with Gasteiger partial charge in [0.15, 0.2) is 0 Å². The minimum absolute atomic E-state index is 0.0777. The third-order valence-corrected chi connectivity index (χ3v) is 3.81. The number of fused-ring (bicyclic) bond motifs is 1. The fraction of sp³-hybridized carbons (Fsp3) is 0.923. The van der Waals surface area contributed by atoms with Crippen LogP contribution in [0, 0.1) is 5.92 Å². The summed E-state index contributed by atoms with van der Waals surface area (Å²) in [6, 6.07) is 0.371. The van der Waals surface area contributed by atoms with Crippen LogP contribution in [-0.4, -0.2) is 60.1 Å². The zero-order valence-corrected chi connectivity index (χ0v) is 11.4. The molecule has 2 fully saturated rings. The number of piperazine rings is 1. The maximum atomic E-state index is 11.8. The van der Waals surface area contributed by atoms with E-state index in [0.29, 0.717) is 18.6 Å². The van der Waals surface area contributed by atoms with Crippen molar-refractivity contribution in [3.8, 4) is 0 Å². The van der Waals surface area contributed by atoms with Gasteiger partial charge in [0.05, 0.1) is 6.04 Å². The molecule has 17 heavy (non-hydrogen) atoms. The molecule has 1 unspecified atom stereocenters. The molecule has 0 aromatic heterocycles. The summed E-state index contributed by atoms with van der Waals surface area (Å²) < 4.78 is 5.31. The number of carbonyl (C=O) groups is 1. The van der Waals surface area contributed by atoms with Crippen molar-refractivity contribution in [2.24, 2.45) is 5.92 Å². The van der Waals surface area contributed by atoms with E-state index in [1.807, 2.05) is 13.8 Å². The van der Waals surface area contributed by atoms with E-state index in [0.717, 1.165) is 26.2 Å². The van der Waals surface area contributed by atoms with E-state index in [1.54, 1.807) is 0 Å². The molecule has 0 aliphatic carbocycles. The Labute approximate surface area is 104 Å². The predicted octanol–water partition coefficient (Wildman–Crippen LogP) is 0.964. The third kappa shape index (κ3) is 2.47. The third-order valence-electron chi connectivity index (χ3n) is 3.81. The van der Waals surface area contributed by atoms with Crippen LogP contribution in [0.5, 0.6) is 0 Å². The molecule has 2 rings (SSSR count). The molecule has 2 aliphatic rings. The topological polar surface area (TPSA) is 32.8 Å². The van der Waals surface area contributed by atoms with E-state index >= 15 is 0 Å². The first-order chi connectivity index (χ1) is 7.91. The fourth-order valence-corrected chi connectivity index (χ4v) is 2.95. The predicted molar refractivity (Wildman–Crippen MR) is 66.8 cm³/mol. The zero-order chi connectivity index (χ0) is 12.6. The Hall–Kier alpha value is -0.610. The Bertz CT molecular complexity index is 302. The molecule has 0 radical (unpaired) electrons. The SMILES string of the molecule is CC(C)CN1CCN2C(COC(=O)C2(C)C)C1. The number of carbonyl (C=O) groups excluding carboxylic acids is 1. The van der Waals surface area contributed by atoms with Gasteiger partial charge in [0.25, 0.3) is 0 Å². The Morgan fingerprint density at radius 1 is 1.41 bits per heavy atom. The largest absolute Gasteiger partial charge is 0.463 e. The average molecular weight is 240 g/mol. The molecule has 0 amide bonds. The molecule has 0 aromatic rings. The molecule has 2 aliphatic heterocycles. The van der Waals surface area contributed by atoms with E-state index < -0.39 is 5.54 Å². The number of nitrogens with zero attached hydrogens (tertiary/aromatic N) is 2. The smallest absolute Gasteiger partial charge is 0.326 e. The van der Waals surface area contributed by atoms with Crippen LogP contribution in [-0.2, 0) is 9.53 Å². The molecule has 2 heterocycles. The van der Waals surface area contributed by atoms with Crippen LogP contribution in [0.3, 0.4) is 0 Å². The highest BCUT2D eigenvalue weighted by Crippen LogP contribution is 2.27. The molecule has 2 saturated heterocycles. The molecule has 1 atom stereocenters. The van der Waals surface area contributed by atoms with Crippen LogP contribution in [0.25, 0.3) is 0 Å². The molecule has 0 N–H and O–H groups in total. The van der Waals surface area contributed by atoms with Crippen LogP contribution < -0.4 is 0 Å². The van der Waals surface area contributed by atoms with Gasteiger partial charge in [-0.15, -0.1) is 0 Å². The first kappa shape index (κ1) is 12.8. The van der Waals surface area contributed by atoms with Crippen LogP contribution in [0.1, 0.15) is 27.7 Å². The van der Waals surface area contributed by atoms with Gasteiger partial charge in [-0.3, -0.25) is 9.69 Å². The summed E-state index contributed by atoms with van der Waals surface area (Å²) in [6.45, 7) is 13.2. The molecular weight excluding hydrogens is 216 g/mol. The van der Waals surface area contributed by atoms with Gasteiger partial charge in [-0.2, -0.15) is 0 Å². The van der Waals surface area contributed by atoms with Gasteiger partial charge < -0.3 is 9.64 Å². The van der Waals surface area contributed by atoms with Gasteiger partial charge in [-0.25, -0.2) is 0 Å². The second-order valence-corrected chi connectivity index (χ2v) is 6.16. The average Bonchev–Trinajstić information content (AvgIpc) is 2.23. The van der Waals surface area contributed by atoms with Crippen molar-refractivity contribution in [1.29, 1.82) is 0 Å². The van der Waals surface area contributed by atoms with Gasteiger partial charge in [0, 0.05) is 26.2 Å². The van der Waals surface area contributed by atoms with Crippen LogP contribution >= 0.6 is 0 Å². The van der Waals surface area contributed by atoms with E-state index in [1.165, 1.54) is 0 Å². The molecular formula is C13H24N2O2. The van der Waals surface area contributed by atoms with Gasteiger partial charge >= 0.3 is 5.97 Å². The molecule has 0 saturated carbocycles. The lowest BCUT2D eigenvalue weighted by atomic mass is 9.96. The summed E-state index contributed by atoms with van der Waals surface area (Å²) in [5.41, 5.74) is -0.452. The monoisotopic (exact) mass is 240 g/mol. The lowest BCUT2D eigenvalue weighted by Crippen LogP contribution is -2.67. The molecule has 4 heteroatoms. The van der Waals surface area contributed by atoms with Gasteiger partial charge in [-0.05, 0) is 19.8 Å². The van der Waals surface area contributed by atoms with Gasteiger partial charge in [0.1, 0.15) is 12.1 Å². The zero-order valence-electron chi connectivity index (χ0n) is 11.4. The van der Waals surface area contributed by atoms with Crippen molar-refractivity contribution >= 4 is 5.97 Å². The number of morpholine rings is 1. The minimum Gasteiger partial charge on any atom is -0.463 e. The maximum Gasteiger partial charge on any atom is 0.326 e. The quantitative estimate of drug-likeness (QED) is 0.673. The van der Waals surface area contributed by atoms with Crippen molar-refractivity contribution in [3.05, 3.63) is 0 Å². The van der Waals surface area contributed by atoms with Crippen LogP contribution in [0.4, 0.5) is 0 Å². The highest BCUT2D eigenvalue weighted by molar-refractivity contribution is 5.80. The van der Waals surface area contributed by atoms with Crippen LogP contribution in [0.15, 0.2) is 0 Å². The van der Waals surface area contributed by atoms with E-state index in [9.17, 15) is 4.79 Å². The Morgan fingerprint density at radius 3 is 2.76 bits per heavy atom. The van der Waals surface area contributed by atoms with Crippen molar-refractivity contribution in [3.63, 3.8) is 0 Å². The molecule has 0 spiro atoms. The summed E-state index contributed by atoms with van der Waals surface area (Å²) in [5, 5.41) is 0. The standard InChI is InChI=1S/C13H24N2O2/c1-10(2)7-14-5-6-15-11(8-14)9-17-12(16)13(15,3)4/h10-11H,5-9H2,1-4H3. The van der Waals surface area contributed by atoms with Crippen molar-refractivity contribution in [1.82, 2.24) is 9.80 Å². The highest BCUT2D eigenvalue weighted by Gasteiger charge is 2.46. The minimum atomic E-state index is -0.452. The lowest BCUT2D eigenvalue weighted by Gasteiger charge is -2.50.